The smallest absolute Gasteiger partial charge is 0.433 e. The van der Waals surface area contributed by atoms with Gasteiger partial charge in [-0.15, -0.1) is 10.2 Å². The van der Waals surface area contributed by atoms with Gasteiger partial charge in [0.15, 0.2) is 17.6 Å². The topological polar surface area (TPSA) is 117 Å². The van der Waals surface area contributed by atoms with Crippen molar-refractivity contribution in [3.05, 3.63) is 104 Å². The minimum atomic E-state index is -4.63. The Bertz CT molecular complexity index is 1920. The molecule has 0 aliphatic carbocycles. The van der Waals surface area contributed by atoms with Crippen molar-refractivity contribution in [3.8, 4) is 22.3 Å². The van der Waals surface area contributed by atoms with Crippen LogP contribution in [0.15, 0.2) is 65.5 Å². The molecule has 9 nitrogen and oxygen atoms in total. The molecule has 5 aromatic rings. The van der Waals surface area contributed by atoms with Crippen LogP contribution in [-0.4, -0.2) is 36.4 Å². The maximum absolute atomic E-state index is 14.6. The number of pyridine rings is 1. The van der Waals surface area contributed by atoms with Crippen molar-refractivity contribution in [1.29, 1.82) is 0 Å². The molecule has 3 heterocycles. The summed E-state index contributed by atoms with van der Waals surface area (Å²) in [6, 6.07) is 15.4. The zero-order valence-electron chi connectivity index (χ0n) is 24.2. The van der Waals surface area contributed by atoms with Gasteiger partial charge in [0.05, 0.1) is 12.1 Å². The zero-order valence-corrected chi connectivity index (χ0v) is 24.9. The number of hydrogen-bond donors (Lipinski definition) is 1. The second-order valence-corrected chi connectivity index (χ2v) is 10.9. The van der Waals surface area contributed by atoms with E-state index in [2.05, 4.69) is 15.2 Å². The van der Waals surface area contributed by atoms with E-state index in [4.69, 9.17) is 22.1 Å². The van der Waals surface area contributed by atoms with E-state index in [9.17, 15) is 22.8 Å². The van der Waals surface area contributed by atoms with E-state index in [0.717, 1.165) is 11.6 Å². The van der Waals surface area contributed by atoms with Crippen LogP contribution in [0.1, 0.15) is 48.3 Å². The highest BCUT2D eigenvalue weighted by atomic mass is 35.5. The number of ether oxygens (including phenoxy) is 1. The first-order valence-electron chi connectivity index (χ1n) is 13.6. The molecule has 0 radical (unpaired) electrons. The Balaban J connectivity index is 1.84. The molecule has 228 valence electrons. The minimum Gasteiger partial charge on any atom is -0.453 e. The minimum absolute atomic E-state index is 0.0876. The van der Waals surface area contributed by atoms with Gasteiger partial charge < -0.3 is 10.5 Å². The Morgan fingerprint density at radius 2 is 1.57 bits per heavy atom. The summed E-state index contributed by atoms with van der Waals surface area (Å²) in [6.07, 6.45) is -5.63. The third-order valence-electron chi connectivity index (χ3n) is 7.14. The Morgan fingerprint density at radius 3 is 2.16 bits per heavy atom. The van der Waals surface area contributed by atoms with Crippen LogP contribution in [0.4, 0.5) is 13.2 Å². The molecule has 0 unspecified atom stereocenters. The lowest BCUT2D eigenvalue weighted by Gasteiger charge is -2.20. The monoisotopic (exact) mass is 624 g/mol. The van der Waals surface area contributed by atoms with E-state index in [-0.39, 0.29) is 29.3 Å². The molecule has 0 saturated carbocycles. The van der Waals surface area contributed by atoms with E-state index in [1.54, 1.807) is 31.2 Å². The van der Waals surface area contributed by atoms with Gasteiger partial charge in [-0.3, -0.25) is 9.59 Å². The van der Waals surface area contributed by atoms with Crippen molar-refractivity contribution in [3.63, 3.8) is 0 Å². The number of alkyl halides is 3. The second-order valence-electron chi connectivity index (χ2n) is 10.5. The fourth-order valence-corrected chi connectivity index (χ4v) is 4.93. The molecule has 0 bridgehead atoms. The van der Waals surface area contributed by atoms with Crippen LogP contribution in [-0.2, 0) is 22.3 Å². The lowest BCUT2D eigenvalue weighted by molar-refractivity contribution is -0.150. The Morgan fingerprint density at radius 1 is 0.955 bits per heavy atom. The molecular weight excluding hydrogens is 597 g/mol. The first-order chi connectivity index (χ1) is 20.8. The fraction of sp³-hybridized carbons (Fsp3) is 0.258. The van der Waals surface area contributed by atoms with Gasteiger partial charge in [0, 0.05) is 16.3 Å². The molecule has 5 rings (SSSR count). The molecular formula is C31H28ClF3N6O3. The quantitative estimate of drug-likeness (QED) is 0.224. The van der Waals surface area contributed by atoms with Gasteiger partial charge in [0.25, 0.3) is 5.56 Å². The van der Waals surface area contributed by atoms with Gasteiger partial charge in [0.2, 0.25) is 0 Å². The number of aryl methyl sites for hydroxylation is 2. The molecule has 2 atom stereocenters. The van der Waals surface area contributed by atoms with Crippen molar-refractivity contribution < 1.29 is 22.7 Å². The number of nitrogens with zero attached hydrogens (tertiary/aromatic N) is 5. The van der Waals surface area contributed by atoms with Gasteiger partial charge in [-0.05, 0) is 62.6 Å². The number of hydrogen-bond acceptors (Lipinski definition) is 7. The summed E-state index contributed by atoms with van der Waals surface area (Å²) < 4.78 is 48.3. The number of benzene rings is 2. The zero-order chi connectivity index (χ0) is 31.9. The van der Waals surface area contributed by atoms with E-state index in [1.807, 2.05) is 31.2 Å². The standard InChI is InChI=1S/C31H28ClF3N6O3/c1-16-5-7-21(8-6-16)26-25(20-9-12-23(32)13-10-20)28-39-38-27(19(4)44-30(43)17(2)36)41(28)40(29(26)42)15-22-11-14-24(31(33,34)35)37-18(22)3/h5-14,17,19H,15,36H2,1-4H3/t17-,19-/m0/s1. The third-order valence-corrected chi connectivity index (χ3v) is 7.39. The summed E-state index contributed by atoms with van der Waals surface area (Å²) >= 11 is 6.18. The molecule has 3 aromatic heterocycles. The van der Waals surface area contributed by atoms with Crippen LogP contribution in [0.5, 0.6) is 0 Å². The molecule has 0 aliphatic rings. The lowest BCUT2D eigenvalue weighted by Crippen LogP contribution is -2.32. The maximum Gasteiger partial charge on any atom is 0.433 e. The van der Waals surface area contributed by atoms with Crippen LogP contribution < -0.4 is 11.3 Å². The Hall–Kier alpha value is -4.55. The second kappa shape index (κ2) is 11.9. The summed E-state index contributed by atoms with van der Waals surface area (Å²) in [5.74, 6) is -0.588. The molecule has 0 saturated heterocycles. The average Bonchev–Trinajstić information content (AvgIpc) is 3.40. The fourth-order valence-electron chi connectivity index (χ4n) is 4.81. The molecule has 0 aliphatic heterocycles. The normalized spacial score (nSPS) is 13.2. The molecule has 0 fully saturated rings. The van der Waals surface area contributed by atoms with Crippen molar-refractivity contribution >= 4 is 23.2 Å². The largest absolute Gasteiger partial charge is 0.453 e. The maximum atomic E-state index is 14.6. The predicted octanol–water partition coefficient (Wildman–Crippen LogP) is 5.91. The molecule has 44 heavy (non-hydrogen) atoms. The van der Waals surface area contributed by atoms with Crippen LogP contribution in [0.25, 0.3) is 27.9 Å². The lowest BCUT2D eigenvalue weighted by atomic mass is 9.96. The average molecular weight is 625 g/mol. The number of carbonyl (C=O) groups is 1. The highest BCUT2D eigenvalue weighted by Gasteiger charge is 2.33. The van der Waals surface area contributed by atoms with Crippen molar-refractivity contribution in [1.82, 2.24) is 24.4 Å². The number of fused-ring (bicyclic) bond motifs is 1. The number of halogens is 4. The first-order valence-corrected chi connectivity index (χ1v) is 14.0. The number of aromatic nitrogens is 5. The van der Waals surface area contributed by atoms with Crippen molar-refractivity contribution in [2.24, 2.45) is 5.73 Å². The number of esters is 1. The van der Waals surface area contributed by atoms with E-state index >= 15 is 0 Å². The predicted molar refractivity (Wildman–Crippen MR) is 159 cm³/mol. The van der Waals surface area contributed by atoms with Gasteiger partial charge in [0.1, 0.15) is 11.7 Å². The Kier molecular flexibility index (Phi) is 8.32. The van der Waals surface area contributed by atoms with Gasteiger partial charge in [-0.25, -0.2) is 14.2 Å². The molecule has 0 amide bonds. The summed E-state index contributed by atoms with van der Waals surface area (Å²) in [5, 5.41) is 9.24. The molecule has 0 spiro atoms. The van der Waals surface area contributed by atoms with Crippen molar-refractivity contribution in [2.45, 2.75) is 52.6 Å². The number of nitrogens with two attached hydrogens (primary N) is 1. The first kappa shape index (κ1) is 30.9. The van der Waals surface area contributed by atoms with Crippen LogP contribution in [0.2, 0.25) is 5.02 Å². The summed E-state index contributed by atoms with van der Waals surface area (Å²) in [4.78, 5) is 30.7. The van der Waals surface area contributed by atoms with Crippen LogP contribution in [0, 0.1) is 13.8 Å². The SMILES string of the molecule is Cc1ccc(-c2c(-c3ccc(Cl)cc3)c3nnc([C@H](C)OC(=O)[C@H](C)N)n3n(Cc3ccc(C(F)(F)F)nc3C)c2=O)cc1. The Labute approximate surface area is 255 Å². The van der Waals surface area contributed by atoms with E-state index in [1.165, 1.54) is 29.1 Å². The summed E-state index contributed by atoms with van der Waals surface area (Å²) in [6.45, 7) is 6.20. The highest BCUT2D eigenvalue weighted by Crippen LogP contribution is 2.35. The van der Waals surface area contributed by atoms with E-state index in [0.29, 0.717) is 27.3 Å². The van der Waals surface area contributed by atoms with Crippen LogP contribution in [0.3, 0.4) is 0 Å². The molecule has 2 aromatic carbocycles. The summed E-state index contributed by atoms with van der Waals surface area (Å²) in [5.41, 5.74) is 7.77. The van der Waals surface area contributed by atoms with Crippen LogP contribution >= 0.6 is 11.6 Å². The van der Waals surface area contributed by atoms with Gasteiger partial charge >= 0.3 is 12.1 Å². The highest BCUT2D eigenvalue weighted by molar-refractivity contribution is 6.30. The van der Waals surface area contributed by atoms with Gasteiger partial charge in [-0.1, -0.05) is 59.6 Å². The van der Waals surface area contributed by atoms with Gasteiger partial charge in [-0.2, -0.15) is 13.2 Å². The molecule has 2 N–H and O–H groups in total. The van der Waals surface area contributed by atoms with E-state index < -0.39 is 35.5 Å². The molecule has 13 heteroatoms. The number of rotatable bonds is 7. The van der Waals surface area contributed by atoms with Crippen molar-refractivity contribution in [2.75, 3.05) is 0 Å². The number of carbonyl (C=O) groups excluding carboxylic acids is 1. The summed E-state index contributed by atoms with van der Waals surface area (Å²) in [7, 11) is 0. The third kappa shape index (κ3) is 5.95.